The van der Waals surface area contributed by atoms with E-state index >= 15 is 0 Å². The van der Waals surface area contributed by atoms with Gasteiger partial charge in [-0.15, -0.1) is 0 Å². The molecule has 0 saturated carbocycles. The first-order valence-electron chi connectivity index (χ1n) is 3.66. The molecule has 0 unspecified atom stereocenters. The average molecular weight is 308 g/mol. The maximum atomic E-state index is 11.6. The summed E-state index contributed by atoms with van der Waals surface area (Å²) in [4.78, 5) is 11.6. The first kappa shape index (κ1) is 10.9. The zero-order valence-corrected chi connectivity index (χ0v) is 9.88. The van der Waals surface area contributed by atoms with Crippen LogP contribution in [0.15, 0.2) is 30.3 Å². The van der Waals surface area contributed by atoms with Crippen molar-refractivity contribution in [3.8, 4) is 0 Å². The molecule has 0 fully saturated rings. The lowest BCUT2D eigenvalue weighted by Crippen LogP contribution is -2.28. The van der Waals surface area contributed by atoms with E-state index in [-0.39, 0.29) is 12.4 Å². The van der Waals surface area contributed by atoms with Gasteiger partial charge in [-0.25, -0.2) is 0 Å². The number of alkyl halides is 2. The molecule has 1 aromatic rings. The van der Waals surface area contributed by atoms with Crippen molar-refractivity contribution in [2.45, 2.75) is 3.23 Å². The van der Waals surface area contributed by atoms with Gasteiger partial charge in [0.25, 0.3) is 0 Å². The van der Waals surface area contributed by atoms with Gasteiger partial charge in [-0.05, 0) is 0 Å². The first-order chi connectivity index (χ1) is 6.08. The maximum absolute atomic E-state index is 11.6. The average Bonchev–Trinajstić information content (AvgIpc) is 2.18. The van der Waals surface area contributed by atoms with Crippen molar-refractivity contribution in [2.24, 2.45) is 0 Å². The highest BCUT2D eigenvalue weighted by molar-refractivity contribution is 9.26. The normalized spacial score (nSPS) is 11.3. The van der Waals surface area contributed by atoms with Crippen LogP contribution in [0.25, 0.3) is 0 Å². The summed E-state index contributed by atoms with van der Waals surface area (Å²) >= 11 is 6.20. The van der Waals surface area contributed by atoms with Crippen molar-refractivity contribution in [3.05, 3.63) is 35.9 Å². The van der Waals surface area contributed by atoms with E-state index in [2.05, 4.69) is 31.9 Å². The molecule has 70 valence electrons. The Morgan fingerprint density at radius 1 is 1.31 bits per heavy atom. The number of hydrogen-bond acceptors (Lipinski definition) is 2. The van der Waals surface area contributed by atoms with Gasteiger partial charge in [-0.2, -0.15) is 0 Å². The van der Waals surface area contributed by atoms with Gasteiger partial charge in [0, 0.05) is 5.56 Å². The van der Waals surface area contributed by atoms with Crippen molar-refractivity contribution in [1.29, 1.82) is 0 Å². The molecule has 2 nitrogen and oxygen atoms in total. The Morgan fingerprint density at radius 3 is 2.31 bits per heavy atom. The standard InChI is InChI=1S/C9H8Br2O2/c10-9(11,6-12)8(13)7-4-2-1-3-5-7/h1-5,12H,6H2. The Morgan fingerprint density at radius 2 is 1.85 bits per heavy atom. The van der Waals surface area contributed by atoms with Crippen LogP contribution in [0.5, 0.6) is 0 Å². The summed E-state index contributed by atoms with van der Waals surface area (Å²) in [6.45, 7) is -0.291. The molecule has 0 aliphatic rings. The molecule has 0 aromatic heterocycles. The van der Waals surface area contributed by atoms with Gasteiger partial charge in [-0.3, -0.25) is 4.79 Å². The lowest BCUT2D eigenvalue weighted by Gasteiger charge is -2.15. The number of hydrogen-bond donors (Lipinski definition) is 1. The van der Waals surface area contributed by atoms with E-state index in [1.165, 1.54) is 0 Å². The highest BCUT2D eigenvalue weighted by Gasteiger charge is 2.31. The van der Waals surface area contributed by atoms with Crippen molar-refractivity contribution < 1.29 is 9.90 Å². The van der Waals surface area contributed by atoms with E-state index in [1.807, 2.05) is 6.07 Å². The summed E-state index contributed by atoms with van der Waals surface area (Å²) < 4.78 is -1.05. The molecule has 0 bridgehead atoms. The molecule has 13 heavy (non-hydrogen) atoms. The molecule has 0 aliphatic heterocycles. The summed E-state index contributed by atoms with van der Waals surface area (Å²) in [6, 6.07) is 8.80. The van der Waals surface area contributed by atoms with Gasteiger partial charge in [0.15, 0.2) is 9.02 Å². The second-order valence-corrected chi connectivity index (χ2v) is 6.33. The SMILES string of the molecule is O=C(c1ccccc1)C(Br)(Br)CO. The van der Waals surface area contributed by atoms with Gasteiger partial charge < -0.3 is 5.11 Å². The Hall–Kier alpha value is -0.190. The smallest absolute Gasteiger partial charge is 0.192 e. The summed E-state index contributed by atoms with van der Waals surface area (Å²) in [5, 5.41) is 8.91. The molecule has 0 amide bonds. The van der Waals surface area contributed by atoms with E-state index in [1.54, 1.807) is 24.3 Å². The zero-order chi connectivity index (χ0) is 9.90. The monoisotopic (exact) mass is 306 g/mol. The summed E-state index contributed by atoms with van der Waals surface area (Å²) in [7, 11) is 0. The van der Waals surface area contributed by atoms with Crippen molar-refractivity contribution in [3.63, 3.8) is 0 Å². The van der Waals surface area contributed by atoms with E-state index in [4.69, 9.17) is 5.11 Å². The molecule has 0 radical (unpaired) electrons. The number of benzene rings is 1. The first-order valence-corrected chi connectivity index (χ1v) is 5.25. The van der Waals surface area contributed by atoms with Crippen LogP contribution in [0.2, 0.25) is 0 Å². The number of rotatable bonds is 3. The highest BCUT2D eigenvalue weighted by atomic mass is 79.9. The van der Waals surface area contributed by atoms with Gasteiger partial charge in [0.1, 0.15) is 0 Å². The van der Waals surface area contributed by atoms with Crippen LogP contribution in [0, 0.1) is 0 Å². The third-order valence-corrected chi connectivity index (χ3v) is 2.79. The lowest BCUT2D eigenvalue weighted by molar-refractivity contribution is 0.0956. The molecule has 1 rings (SSSR count). The lowest BCUT2D eigenvalue weighted by atomic mass is 10.1. The second kappa shape index (κ2) is 4.35. The Labute approximate surface area is 93.2 Å². The predicted molar refractivity (Wildman–Crippen MR) is 58.4 cm³/mol. The molecule has 0 heterocycles. The van der Waals surface area contributed by atoms with Crippen LogP contribution in [-0.2, 0) is 0 Å². The van der Waals surface area contributed by atoms with Crippen molar-refractivity contribution in [1.82, 2.24) is 0 Å². The number of aliphatic hydroxyl groups is 1. The number of halogens is 2. The largest absolute Gasteiger partial charge is 0.394 e. The molecule has 4 heteroatoms. The minimum absolute atomic E-state index is 0.185. The topological polar surface area (TPSA) is 37.3 Å². The van der Waals surface area contributed by atoms with E-state index in [0.717, 1.165) is 0 Å². The number of carbonyl (C=O) groups is 1. The Bertz CT molecular complexity index is 296. The third-order valence-electron chi connectivity index (χ3n) is 1.57. The number of aliphatic hydroxyl groups excluding tert-OH is 1. The van der Waals surface area contributed by atoms with Crippen molar-refractivity contribution in [2.75, 3.05) is 6.61 Å². The molecular formula is C9H8Br2O2. The molecule has 0 atom stereocenters. The predicted octanol–water partition coefficient (Wildman–Crippen LogP) is 2.35. The fourth-order valence-electron chi connectivity index (χ4n) is 0.873. The molecule has 0 spiro atoms. The molecule has 0 saturated heterocycles. The second-order valence-electron chi connectivity index (χ2n) is 2.56. The maximum Gasteiger partial charge on any atom is 0.192 e. The molecule has 0 aliphatic carbocycles. The number of ketones is 1. The minimum Gasteiger partial charge on any atom is -0.394 e. The third kappa shape index (κ3) is 2.62. The zero-order valence-electron chi connectivity index (χ0n) is 6.71. The van der Waals surface area contributed by atoms with Gasteiger partial charge >= 0.3 is 0 Å². The van der Waals surface area contributed by atoms with Crippen LogP contribution < -0.4 is 0 Å². The summed E-state index contributed by atoms with van der Waals surface area (Å²) in [5.41, 5.74) is 0.560. The number of carbonyl (C=O) groups excluding carboxylic acids is 1. The van der Waals surface area contributed by atoms with E-state index < -0.39 is 3.23 Å². The van der Waals surface area contributed by atoms with Crippen LogP contribution in [-0.4, -0.2) is 20.7 Å². The van der Waals surface area contributed by atoms with Crippen LogP contribution in [0.3, 0.4) is 0 Å². The van der Waals surface area contributed by atoms with Gasteiger partial charge in [0.05, 0.1) is 6.61 Å². The van der Waals surface area contributed by atoms with E-state index in [9.17, 15) is 4.79 Å². The van der Waals surface area contributed by atoms with Crippen molar-refractivity contribution >= 4 is 37.6 Å². The van der Waals surface area contributed by atoms with Gasteiger partial charge in [-0.1, -0.05) is 62.2 Å². The van der Waals surface area contributed by atoms with Crippen LogP contribution in [0.1, 0.15) is 10.4 Å². The summed E-state index contributed by atoms with van der Waals surface area (Å²) in [5.74, 6) is -0.185. The van der Waals surface area contributed by atoms with Gasteiger partial charge in [0.2, 0.25) is 0 Å². The molecule has 1 N–H and O–H groups in total. The number of Topliss-reactive ketones (excluding diaryl/α,β-unsaturated/α-hetero) is 1. The van der Waals surface area contributed by atoms with Crippen LogP contribution >= 0.6 is 31.9 Å². The Balaban J connectivity index is 2.93. The Kier molecular flexibility index (Phi) is 3.64. The summed E-state index contributed by atoms with van der Waals surface area (Å²) in [6.07, 6.45) is 0. The van der Waals surface area contributed by atoms with E-state index in [0.29, 0.717) is 5.56 Å². The highest BCUT2D eigenvalue weighted by Crippen LogP contribution is 2.29. The van der Waals surface area contributed by atoms with Crippen LogP contribution in [0.4, 0.5) is 0 Å². The molecular weight excluding hydrogens is 300 g/mol. The molecule has 1 aromatic carbocycles. The fraction of sp³-hybridized carbons (Fsp3) is 0.222. The minimum atomic E-state index is -1.05. The quantitative estimate of drug-likeness (QED) is 0.687. The fourth-order valence-corrected chi connectivity index (χ4v) is 1.33.